The van der Waals surface area contributed by atoms with Gasteiger partial charge < -0.3 is 9.84 Å². The van der Waals surface area contributed by atoms with Gasteiger partial charge in [-0.15, -0.1) is 0 Å². The molecule has 32 heavy (non-hydrogen) atoms. The predicted octanol–water partition coefficient (Wildman–Crippen LogP) is 6.84. The van der Waals surface area contributed by atoms with Crippen molar-refractivity contribution in [1.82, 2.24) is 4.90 Å². The van der Waals surface area contributed by atoms with E-state index in [0.717, 1.165) is 30.9 Å². The number of allylic oxidation sites excluding steroid dienone is 1. The summed E-state index contributed by atoms with van der Waals surface area (Å²) in [5.41, 5.74) is 5.97. The van der Waals surface area contributed by atoms with Crippen LogP contribution >= 0.6 is 22.6 Å². The number of hydrogen-bond acceptors (Lipinski definition) is 3. The summed E-state index contributed by atoms with van der Waals surface area (Å²) in [5, 5.41) is 9.75. The molecular weight excluding hydrogens is 509 g/mol. The Kier molecular flexibility index (Phi) is 7.87. The Bertz CT molecular complexity index is 1030. The Hall–Kier alpha value is -2.31. The molecule has 1 fully saturated rings. The van der Waals surface area contributed by atoms with E-state index in [1.807, 2.05) is 12.1 Å². The van der Waals surface area contributed by atoms with Gasteiger partial charge in [0, 0.05) is 10.1 Å². The molecule has 1 aliphatic rings. The molecule has 0 aromatic heterocycles. The van der Waals surface area contributed by atoms with Crippen LogP contribution in [0.2, 0.25) is 0 Å². The van der Waals surface area contributed by atoms with Crippen molar-refractivity contribution in [3.63, 3.8) is 0 Å². The Morgan fingerprint density at radius 2 is 1.41 bits per heavy atom. The maximum atomic E-state index is 9.75. The third kappa shape index (κ3) is 5.73. The number of phenols is 1. The van der Waals surface area contributed by atoms with E-state index >= 15 is 0 Å². The zero-order valence-corrected chi connectivity index (χ0v) is 20.7. The molecule has 4 rings (SSSR count). The average Bonchev–Trinajstić information content (AvgIpc) is 3.33. The zero-order valence-electron chi connectivity index (χ0n) is 18.6. The maximum absolute atomic E-state index is 9.75. The molecule has 0 saturated carbocycles. The first kappa shape index (κ1) is 22.9. The van der Waals surface area contributed by atoms with Gasteiger partial charge in [-0.1, -0.05) is 43.3 Å². The van der Waals surface area contributed by atoms with Crippen molar-refractivity contribution in [2.45, 2.75) is 26.2 Å². The molecule has 0 spiro atoms. The average molecular weight is 539 g/mol. The van der Waals surface area contributed by atoms with E-state index in [1.165, 1.54) is 51.8 Å². The van der Waals surface area contributed by atoms with Gasteiger partial charge in [-0.05, 0) is 119 Å². The molecule has 0 aliphatic carbocycles. The lowest BCUT2D eigenvalue weighted by molar-refractivity contribution is 0.238. The normalized spacial score (nSPS) is 14.9. The van der Waals surface area contributed by atoms with Crippen molar-refractivity contribution in [2.75, 3.05) is 26.2 Å². The second kappa shape index (κ2) is 11.0. The van der Waals surface area contributed by atoms with E-state index in [4.69, 9.17) is 4.74 Å². The number of nitrogens with zero attached hydrogens (tertiary/aromatic N) is 1. The molecule has 1 saturated heterocycles. The highest BCUT2D eigenvalue weighted by Gasteiger charge is 2.14. The van der Waals surface area contributed by atoms with Gasteiger partial charge in [0.25, 0.3) is 0 Å². The summed E-state index contributed by atoms with van der Waals surface area (Å²) in [5.74, 6) is 1.20. The SMILES string of the molecule is CC/C(=C(/c1ccc(I)cc1)c1ccc(OCCN2CCCC2)cc1)c1ccc(O)cc1. The molecule has 4 heteroatoms. The van der Waals surface area contributed by atoms with Crippen molar-refractivity contribution in [3.05, 3.63) is 93.1 Å². The fraction of sp³-hybridized carbons (Fsp3) is 0.286. The van der Waals surface area contributed by atoms with Crippen LogP contribution in [0.25, 0.3) is 11.1 Å². The number of likely N-dealkylation sites (tertiary alicyclic amines) is 1. The molecule has 0 atom stereocenters. The highest BCUT2D eigenvalue weighted by molar-refractivity contribution is 14.1. The van der Waals surface area contributed by atoms with E-state index in [2.05, 4.69) is 82.9 Å². The first-order valence-corrected chi connectivity index (χ1v) is 12.5. The topological polar surface area (TPSA) is 32.7 Å². The van der Waals surface area contributed by atoms with Crippen molar-refractivity contribution < 1.29 is 9.84 Å². The lowest BCUT2D eigenvalue weighted by Gasteiger charge is -2.18. The van der Waals surface area contributed by atoms with E-state index in [-0.39, 0.29) is 5.75 Å². The molecule has 3 nitrogen and oxygen atoms in total. The molecule has 1 heterocycles. The molecule has 1 aliphatic heterocycles. The molecule has 0 bridgehead atoms. The van der Waals surface area contributed by atoms with Crippen LogP contribution in [0.3, 0.4) is 0 Å². The predicted molar refractivity (Wildman–Crippen MR) is 141 cm³/mol. The Labute approximate surface area is 204 Å². The van der Waals surface area contributed by atoms with Gasteiger partial charge >= 0.3 is 0 Å². The molecule has 0 radical (unpaired) electrons. The summed E-state index contributed by atoms with van der Waals surface area (Å²) in [6.07, 6.45) is 3.51. The maximum Gasteiger partial charge on any atom is 0.119 e. The first-order valence-electron chi connectivity index (χ1n) is 11.4. The Morgan fingerprint density at radius 3 is 2.00 bits per heavy atom. The molecule has 1 N–H and O–H groups in total. The van der Waals surface area contributed by atoms with Gasteiger partial charge in [-0.3, -0.25) is 4.90 Å². The summed E-state index contributed by atoms with van der Waals surface area (Å²) in [6, 6.07) is 24.7. The monoisotopic (exact) mass is 539 g/mol. The Balaban J connectivity index is 1.63. The number of rotatable bonds is 8. The first-order chi connectivity index (χ1) is 15.6. The van der Waals surface area contributed by atoms with E-state index in [0.29, 0.717) is 0 Å². The van der Waals surface area contributed by atoms with Crippen LogP contribution in [0.1, 0.15) is 42.9 Å². The van der Waals surface area contributed by atoms with E-state index in [1.54, 1.807) is 12.1 Å². The van der Waals surface area contributed by atoms with Gasteiger partial charge in [0.15, 0.2) is 0 Å². The van der Waals surface area contributed by atoms with Crippen LogP contribution in [0.5, 0.6) is 11.5 Å². The van der Waals surface area contributed by atoms with Crippen molar-refractivity contribution in [1.29, 1.82) is 0 Å². The molecule has 0 amide bonds. The quantitative estimate of drug-likeness (QED) is 0.251. The van der Waals surface area contributed by atoms with Crippen molar-refractivity contribution >= 4 is 33.7 Å². The summed E-state index contributed by atoms with van der Waals surface area (Å²) in [4.78, 5) is 2.47. The smallest absolute Gasteiger partial charge is 0.119 e. The van der Waals surface area contributed by atoms with Crippen LogP contribution in [0, 0.1) is 3.57 Å². The molecule has 166 valence electrons. The standard InChI is InChI=1S/C28H30INO2/c1-2-27(21-7-13-25(31)14-8-21)28(22-5-11-24(29)12-6-22)23-9-15-26(16-10-23)32-20-19-30-17-3-4-18-30/h5-16,31H,2-4,17-20H2,1H3/b28-27+. The number of halogens is 1. The van der Waals surface area contributed by atoms with Crippen LogP contribution in [0.15, 0.2) is 72.8 Å². The number of benzene rings is 3. The van der Waals surface area contributed by atoms with Gasteiger partial charge in [0.05, 0.1) is 0 Å². The van der Waals surface area contributed by atoms with Crippen molar-refractivity contribution in [2.24, 2.45) is 0 Å². The minimum absolute atomic E-state index is 0.287. The third-order valence-electron chi connectivity index (χ3n) is 6.02. The number of phenolic OH excluding ortho intramolecular Hbond substituents is 1. The third-order valence-corrected chi connectivity index (χ3v) is 6.74. The number of hydrogen-bond donors (Lipinski definition) is 1. The fourth-order valence-corrected chi connectivity index (χ4v) is 4.70. The van der Waals surface area contributed by atoms with Gasteiger partial charge in [0.2, 0.25) is 0 Å². The molecule has 3 aromatic carbocycles. The van der Waals surface area contributed by atoms with E-state index < -0.39 is 0 Å². The van der Waals surface area contributed by atoms with Crippen molar-refractivity contribution in [3.8, 4) is 11.5 Å². The van der Waals surface area contributed by atoms with Gasteiger partial charge in [-0.25, -0.2) is 0 Å². The van der Waals surface area contributed by atoms with Gasteiger partial charge in [0.1, 0.15) is 18.1 Å². The highest BCUT2D eigenvalue weighted by Crippen LogP contribution is 2.35. The van der Waals surface area contributed by atoms with Crippen LogP contribution in [0.4, 0.5) is 0 Å². The largest absolute Gasteiger partial charge is 0.508 e. The summed E-state index contributed by atoms with van der Waals surface area (Å²) in [7, 11) is 0. The van der Waals surface area contributed by atoms with Gasteiger partial charge in [-0.2, -0.15) is 0 Å². The number of ether oxygens (including phenoxy) is 1. The molecular formula is C28H30INO2. The van der Waals surface area contributed by atoms with Crippen LogP contribution in [-0.4, -0.2) is 36.2 Å². The molecule has 0 unspecified atom stereocenters. The van der Waals surface area contributed by atoms with E-state index in [9.17, 15) is 5.11 Å². The lowest BCUT2D eigenvalue weighted by Crippen LogP contribution is -2.25. The van der Waals surface area contributed by atoms with Crippen LogP contribution in [-0.2, 0) is 0 Å². The lowest BCUT2D eigenvalue weighted by atomic mass is 9.88. The zero-order chi connectivity index (χ0) is 22.3. The highest BCUT2D eigenvalue weighted by atomic mass is 127. The second-order valence-electron chi connectivity index (χ2n) is 8.18. The number of aromatic hydroxyl groups is 1. The molecule has 3 aromatic rings. The van der Waals surface area contributed by atoms with Crippen LogP contribution < -0.4 is 4.74 Å². The summed E-state index contributed by atoms with van der Waals surface area (Å²) < 4.78 is 7.24. The minimum atomic E-state index is 0.287. The summed E-state index contributed by atoms with van der Waals surface area (Å²) >= 11 is 2.34. The second-order valence-corrected chi connectivity index (χ2v) is 9.43. The minimum Gasteiger partial charge on any atom is -0.508 e. The summed E-state index contributed by atoms with van der Waals surface area (Å²) in [6.45, 7) is 6.31. The Morgan fingerprint density at radius 1 is 0.844 bits per heavy atom. The fourth-order valence-electron chi connectivity index (χ4n) is 4.34.